The standard InChI is InChI=1S/C17H28N2O2/c1-10-7-11-12(8-17(5,6)9-13(11)21-10)19-15(20)14(18)16(2,3)4/h7,12,14H,8-9,18H2,1-6H3,(H,19,20)/t12?,14-/m1/s1. The number of fused-ring (bicyclic) bond motifs is 1. The van der Waals surface area contributed by atoms with Gasteiger partial charge in [0.05, 0.1) is 12.1 Å². The number of aryl methyl sites for hydroxylation is 1. The molecule has 3 N–H and O–H groups in total. The summed E-state index contributed by atoms with van der Waals surface area (Å²) in [6.45, 7) is 12.3. The fourth-order valence-electron chi connectivity index (χ4n) is 2.97. The maximum Gasteiger partial charge on any atom is 0.237 e. The lowest BCUT2D eigenvalue weighted by atomic mass is 9.74. The molecule has 1 aliphatic carbocycles. The molecule has 1 aliphatic rings. The van der Waals surface area contributed by atoms with Crippen LogP contribution in [0.5, 0.6) is 0 Å². The van der Waals surface area contributed by atoms with Gasteiger partial charge in [-0.1, -0.05) is 34.6 Å². The van der Waals surface area contributed by atoms with E-state index in [1.807, 2.05) is 33.8 Å². The molecular weight excluding hydrogens is 264 g/mol. The number of carbonyl (C=O) groups excluding carboxylic acids is 1. The number of nitrogens with two attached hydrogens (primary N) is 1. The minimum Gasteiger partial charge on any atom is -0.466 e. The van der Waals surface area contributed by atoms with E-state index in [1.165, 1.54) is 0 Å². The molecule has 0 radical (unpaired) electrons. The third kappa shape index (κ3) is 3.49. The summed E-state index contributed by atoms with van der Waals surface area (Å²) in [6.07, 6.45) is 1.81. The third-order valence-corrected chi connectivity index (χ3v) is 4.27. The van der Waals surface area contributed by atoms with Crippen molar-refractivity contribution >= 4 is 5.91 Å². The third-order valence-electron chi connectivity index (χ3n) is 4.27. The maximum atomic E-state index is 12.4. The largest absolute Gasteiger partial charge is 0.466 e. The average Bonchev–Trinajstić information content (AvgIpc) is 2.65. The summed E-state index contributed by atoms with van der Waals surface area (Å²) in [6, 6.07) is 1.51. The lowest BCUT2D eigenvalue weighted by molar-refractivity contribution is -0.125. The van der Waals surface area contributed by atoms with E-state index in [1.54, 1.807) is 0 Å². The Bertz CT molecular complexity index is 537. The molecule has 1 aromatic heterocycles. The van der Waals surface area contributed by atoms with Gasteiger partial charge in [0.15, 0.2) is 0 Å². The molecule has 2 atom stereocenters. The summed E-state index contributed by atoms with van der Waals surface area (Å²) in [5, 5.41) is 3.13. The molecular formula is C17H28N2O2. The molecule has 0 aliphatic heterocycles. The lowest BCUT2D eigenvalue weighted by Crippen LogP contribution is -2.50. The van der Waals surface area contributed by atoms with Crippen molar-refractivity contribution in [1.82, 2.24) is 5.32 Å². The Hall–Kier alpha value is -1.29. The first-order valence-electron chi connectivity index (χ1n) is 7.65. The van der Waals surface area contributed by atoms with Gasteiger partial charge in [0, 0.05) is 12.0 Å². The molecule has 1 heterocycles. The second kappa shape index (κ2) is 5.16. The number of hydrogen-bond donors (Lipinski definition) is 2. The quantitative estimate of drug-likeness (QED) is 0.880. The zero-order chi connectivity index (χ0) is 16.0. The number of carbonyl (C=O) groups is 1. The van der Waals surface area contributed by atoms with Crippen LogP contribution in [0.3, 0.4) is 0 Å². The molecule has 0 bridgehead atoms. The van der Waals surface area contributed by atoms with Crippen molar-refractivity contribution in [3.63, 3.8) is 0 Å². The van der Waals surface area contributed by atoms with Gasteiger partial charge in [0.2, 0.25) is 5.91 Å². The van der Waals surface area contributed by atoms with Crippen LogP contribution in [0.4, 0.5) is 0 Å². The second-order valence-electron chi connectivity index (χ2n) is 8.19. The number of amides is 1. The van der Waals surface area contributed by atoms with Gasteiger partial charge in [-0.15, -0.1) is 0 Å². The first-order valence-corrected chi connectivity index (χ1v) is 7.65. The van der Waals surface area contributed by atoms with E-state index in [9.17, 15) is 4.79 Å². The summed E-state index contributed by atoms with van der Waals surface area (Å²) >= 11 is 0. The normalized spacial score (nSPS) is 22.5. The highest BCUT2D eigenvalue weighted by Crippen LogP contribution is 2.42. The Kier molecular flexibility index (Phi) is 3.96. The van der Waals surface area contributed by atoms with Gasteiger partial charge in [0.25, 0.3) is 0 Å². The highest BCUT2D eigenvalue weighted by molar-refractivity contribution is 5.82. The molecule has 0 saturated heterocycles. The second-order valence-corrected chi connectivity index (χ2v) is 8.19. The minimum absolute atomic E-state index is 0.0119. The van der Waals surface area contributed by atoms with Gasteiger partial charge in [-0.3, -0.25) is 4.79 Å². The van der Waals surface area contributed by atoms with E-state index in [0.29, 0.717) is 0 Å². The van der Waals surface area contributed by atoms with E-state index in [-0.39, 0.29) is 22.8 Å². The molecule has 1 amide bonds. The minimum atomic E-state index is -0.515. The fourth-order valence-corrected chi connectivity index (χ4v) is 2.97. The van der Waals surface area contributed by atoms with Crippen LogP contribution in [0.25, 0.3) is 0 Å². The summed E-state index contributed by atoms with van der Waals surface area (Å²) in [5.41, 5.74) is 7.05. The van der Waals surface area contributed by atoms with Crippen LogP contribution in [0.2, 0.25) is 0 Å². The molecule has 4 nitrogen and oxygen atoms in total. The van der Waals surface area contributed by atoms with Crippen LogP contribution in [-0.4, -0.2) is 11.9 Å². The zero-order valence-electron chi connectivity index (χ0n) is 14.0. The molecule has 1 unspecified atom stereocenters. The molecule has 0 fully saturated rings. The van der Waals surface area contributed by atoms with Crippen LogP contribution >= 0.6 is 0 Å². The van der Waals surface area contributed by atoms with E-state index >= 15 is 0 Å². The number of furan rings is 1. The van der Waals surface area contributed by atoms with Crippen LogP contribution in [0, 0.1) is 17.8 Å². The van der Waals surface area contributed by atoms with Crippen molar-refractivity contribution in [2.24, 2.45) is 16.6 Å². The number of rotatable bonds is 2. The fraction of sp³-hybridized carbons (Fsp3) is 0.706. The zero-order valence-corrected chi connectivity index (χ0v) is 14.0. The van der Waals surface area contributed by atoms with Gasteiger partial charge >= 0.3 is 0 Å². The van der Waals surface area contributed by atoms with E-state index in [0.717, 1.165) is 29.9 Å². The van der Waals surface area contributed by atoms with Crippen LogP contribution in [-0.2, 0) is 11.2 Å². The average molecular weight is 292 g/mol. The topological polar surface area (TPSA) is 68.3 Å². The monoisotopic (exact) mass is 292 g/mol. The summed E-state index contributed by atoms with van der Waals surface area (Å²) in [5.74, 6) is 1.81. The molecule has 0 aromatic carbocycles. The smallest absolute Gasteiger partial charge is 0.237 e. The summed E-state index contributed by atoms with van der Waals surface area (Å²) in [4.78, 5) is 12.4. The molecule has 2 rings (SSSR count). The van der Waals surface area contributed by atoms with Crippen molar-refractivity contribution in [3.8, 4) is 0 Å². The van der Waals surface area contributed by atoms with Crippen molar-refractivity contribution in [2.45, 2.75) is 66.5 Å². The Balaban J connectivity index is 2.22. The first kappa shape index (κ1) is 16.1. The molecule has 1 aromatic rings. The van der Waals surface area contributed by atoms with Gasteiger partial charge in [0.1, 0.15) is 11.5 Å². The number of hydrogen-bond acceptors (Lipinski definition) is 3. The summed E-state index contributed by atoms with van der Waals surface area (Å²) < 4.78 is 5.80. The molecule has 4 heteroatoms. The van der Waals surface area contributed by atoms with Crippen molar-refractivity contribution in [1.29, 1.82) is 0 Å². The van der Waals surface area contributed by atoms with Crippen LogP contribution in [0.15, 0.2) is 10.5 Å². The predicted octanol–water partition coefficient (Wildman–Crippen LogP) is 3.09. The first-order chi connectivity index (χ1) is 9.49. The Morgan fingerprint density at radius 2 is 2.10 bits per heavy atom. The predicted molar refractivity (Wildman–Crippen MR) is 83.9 cm³/mol. The van der Waals surface area contributed by atoms with Crippen molar-refractivity contribution < 1.29 is 9.21 Å². The highest BCUT2D eigenvalue weighted by Gasteiger charge is 2.37. The van der Waals surface area contributed by atoms with E-state index in [4.69, 9.17) is 10.2 Å². The Morgan fingerprint density at radius 1 is 1.48 bits per heavy atom. The van der Waals surface area contributed by atoms with Gasteiger partial charge in [-0.25, -0.2) is 0 Å². The van der Waals surface area contributed by atoms with Gasteiger partial charge in [-0.2, -0.15) is 0 Å². The Labute approximate surface area is 127 Å². The van der Waals surface area contributed by atoms with Crippen LogP contribution < -0.4 is 11.1 Å². The highest BCUT2D eigenvalue weighted by atomic mass is 16.3. The molecule has 0 saturated carbocycles. The van der Waals surface area contributed by atoms with Crippen LogP contribution in [0.1, 0.15) is 64.2 Å². The molecule has 0 spiro atoms. The maximum absolute atomic E-state index is 12.4. The summed E-state index contributed by atoms with van der Waals surface area (Å²) in [7, 11) is 0. The van der Waals surface area contributed by atoms with Crippen molar-refractivity contribution in [3.05, 3.63) is 23.2 Å². The SMILES string of the molecule is Cc1cc2c(o1)CC(C)(C)CC2NC(=O)[C@@H](N)C(C)(C)C. The van der Waals surface area contributed by atoms with Crippen molar-refractivity contribution in [2.75, 3.05) is 0 Å². The Morgan fingerprint density at radius 3 is 2.67 bits per heavy atom. The van der Waals surface area contributed by atoms with E-state index < -0.39 is 6.04 Å². The van der Waals surface area contributed by atoms with E-state index in [2.05, 4.69) is 19.2 Å². The van der Waals surface area contributed by atoms with Gasteiger partial charge in [-0.05, 0) is 30.2 Å². The number of nitrogens with one attached hydrogen (secondary N) is 1. The molecule has 21 heavy (non-hydrogen) atoms. The lowest BCUT2D eigenvalue weighted by Gasteiger charge is -2.36. The van der Waals surface area contributed by atoms with Gasteiger partial charge < -0.3 is 15.5 Å². The molecule has 118 valence electrons.